The highest BCUT2D eigenvalue weighted by atomic mass is 16.8. The number of carboxylic acids is 1. The predicted octanol–water partition coefficient (Wildman–Crippen LogP) is 1.58. The summed E-state index contributed by atoms with van der Waals surface area (Å²) in [7, 11) is 0. The van der Waals surface area contributed by atoms with Crippen LogP contribution >= 0.6 is 0 Å². The molecule has 1 aliphatic carbocycles. The maximum absolute atomic E-state index is 13.3. The molecule has 23 heteroatoms. The molecule has 3 aliphatic rings. The maximum Gasteiger partial charge on any atom is 0.407 e. The molecule has 5 rings (SSSR count). The van der Waals surface area contributed by atoms with Gasteiger partial charge in [0.05, 0.1) is 6.10 Å². The fraction of sp³-hybridized carbons (Fsp3) is 0.533. The molecule has 2 aromatic carbocycles. The van der Waals surface area contributed by atoms with Crippen LogP contribution in [0.1, 0.15) is 72.4 Å². The first kappa shape index (κ1) is 52.3. The third-order valence-electron chi connectivity index (χ3n) is 10.7. The Hall–Kier alpha value is -6.69. The summed E-state index contributed by atoms with van der Waals surface area (Å²) in [5.41, 5.74) is 3.75. The Labute approximate surface area is 389 Å². The number of esters is 6. The van der Waals surface area contributed by atoms with E-state index in [9.17, 15) is 48.3 Å². The van der Waals surface area contributed by atoms with Crippen LogP contribution in [0.5, 0.6) is 0 Å². The van der Waals surface area contributed by atoms with Crippen molar-refractivity contribution in [3.05, 3.63) is 59.7 Å². The second-order valence-corrected chi connectivity index (χ2v) is 15.9. The number of carboxylic acid groups (broad SMARTS) is 1. The molecule has 0 saturated carbocycles. The van der Waals surface area contributed by atoms with Gasteiger partial charge in [0.25, 0.3) is 0 Å². The first-order valence-corrected chi connectivity index (χ1v) is 21.3. The van der Waals surface area contributed by atoms with E-state index in [0.717, 1.165) is 70.7 Å². The van der Waals surface area contributed by atoms with Crippen molar-refractivity contribution in [3.63, 3.8) is 0 Å². The monoisotopic (exact) mass is 958 g/mol. The minimum atomic E-state index is -1.91. The lowest BCUT2D eigenvalue weighted by atomic mass is 9.94. The smallest absolute Gasteiger partial charge is 0.407 e. The average Bonchev–Trinajstić information content (AvgIpc) is 3.57. The highest BCUT2D eigenvalue weighted by Gasteiger charge is 2.57. The van der Waals surface area contributed by atoms with Gasteiger partial charge >= 0.3 is 47.9 Å². The van der Waals surface area contributed by atoms with Gasteiger partial charge in [0.15, 0.2) is 43.0 Å². The van der Waals surface area contributed by atoms with E-state index >= 15 is 0 Å². The summed E-state index contributed by atoms with van der Waals surface area (Å²) < 4.78 is 63.0. The van der Waals surface area contributed by atoms with Crippen molar-refractivity contribution in [1.82, 2.24) is 10.6 Å². The number of aliphatic carboxylic acids is 1. The van der Waals surface area contributed by atoms with Gasteiger partial charge in [-0.15, -0.1) is 0 Å². The molecule has 23 nitrogen and oxygen atoms in total. The molecule has 2 saturated heterocycles. The first-order chi connectivity index (χ1) is 32.1. The van der Waals surface area contributed by atoms with Crippen molar-refractivity contribution >= 4 is 53.8 Å². The van der Waals surface area contributed by atoms with Gasteiger partial charge in [-0.2, -0.15) is 0 Å². The summed E-state index contributed by atoms with van der Waals surface area (Å²) in [5, 5.41) is 15.2. The van der Waals surface area contributed by atoms with Crippen LogP contribution in [-0.2, 0) is 90.5 Å². The van der Waals surface area contributed by atoms with Crippen LogP contribution in [0.2, 0.25) is 0 Å². The fourth-order valence-corrected chi connectivity index (χ4v) is 8.13. The van der Waals surface area contributed by atoms with Gasteiger partial charge in [0.1, 0.15) is 44.2 Å². The zero-order valence-corrected chi connectivity index (χ0v) is 38.4. The summed E-state index contributed by atoms with van der Waals surface area (Å²) in [5.74, 6) is -8.12. The predicted molar refractivity (Wildman–Crippen MR) is 225 cm³/mol. The first-order valence-electron chi connectivity index (χ1n) is 21.3. The molecule has 2 aliphatic heterocycles. The molecule has 2 aromatic rings. The number of carbonyl (C=O) groups excluding carboxylic acids is 8. The summed E-state index contributed by atoms with van der Waals surface area (Å²) in [6, 6.07) is 11.7. The number of hydrogen-bond donors (Lipinski definition) is 3. The van der Waals surface area contributed by atoms with E-state index in [1.165, 1.54) is 6.92 Å². The molecule has 3 N–H and O–H groups in total. The van der Waals surface area contributed by atoms with E-state index in [0.29, 0.717) is 0 Å². The number of hydrogen-bond acceptors (Lipinski definition) is 20. The molecular weight excluding hydrogens is 904 g/mol. The van der Waals surface area contributed by atoms with Crippen molar-refractivity contribution in [1.29, 1.82) is 0 Å². The lowest BCUT2D eigenvalue weighted by Crippen LogP contribution is -2.69. The highest BCUT2D eigenvalue weighted by Crippen LogP contribution is 2.44. The molecule has 0 bridgehead atoms. The molecule has 2 fully saturated rings. The molecule has 370 valence electrons. The van der Waals surface area contributed by atoms with E-state index < -0.39 is 140 Å². The van der Waals surface area contributed by atoms with E-state index in [1.807, 2.05) is 48.5 Å². The molecule has 12 atom stereocenters. The van der Waals surface area contributed by atoms with Crippen molar-refractivity contribution in [3.8, 4) is 11.1 Å². The second-order valence-electron chi connectivity index (χ2n) is 15.9. The summed E-state index contributed by atoms with van der Waals surface area (Å²) in [6.07, 6.45) is -17.9. The van der Waals surface area contributed by atoms with Crippen LogP contribution in [0.15, 0.2) is 48.5 Å². The number of fused-ring (bicyclic) bond motifs is 3. The van der Waals surface area contributed by atoms with E-state index in [2.05, 4.69) is 10.6 Å². The Morgan fingerprint density at radius 2 is 1.04 bits per heavy atom. The minimum absolute atomic E-state index is 0.152. The van der Waals surface area contributed by atoms with Gasteiger partial charge in [0.2, 0.25) is 5.91 Å². The fourth-order valence-electron chi connectivity index (χ4n) is 8.13. The number of rotatable bonds is 18. The number of carbonyl (C=O) groups is 9. The van der Waals surface area contributed by atoms with Crippen molar-refractivity contribution < 1.29 is 100 Å². The Morgan fingerprint density at radius 3 is 1.54 bits per heavy atom. The second kappa shape index (κ2) is 23.4. The Kier molecular flexibility index (Phi) is 18.0. The standard InChI is InChI=1S/C45H54N2O21/c1-20(35(42(55)56)47-45(57)60-17-32-30-15-11-9-13-28(30)29-14-10-12-16-31(29)32)61-43-36(46-21(2)48)39(63-25(6)52)37(33(66-43)18-58-22(3)49)68-44-41(65-27(8)54)40(64-26(7)53)38(62-24(5)51)34(67-44)19-59-23(4)50/h9-16,20,32-41,43-44H,17-19H2,1-8H3,(H,46,48)(H,47,57)(H,55,56)/t20-,33-,34+,35+,36+,37-,38+,39-,40-,41+,43-,44-/m1/s1. The molecule has 68 heavy (non-hydrogen) atoms. The molecule has 0 unspecified atom stereocenters. The molecule has 0 radical (unpaired) electrons. The highest BCUT2D eigenvalue weighted by molar-refractivity contribution is 5.81. The van der Waals surface area contributed by atoms with Gasteiger partial charge in [0, 0.05) is 54.4 Å². The van der Waals surface area contributed by atoms with Crippen LogP contribution in [0.4, 0.5) is 4.79 Å². The van der Waals surface area contributed by atoms with Gasteiger partial charge in [-0.05, 0) is 29.2 Å². The third-order valence-corrected chi connectivity index (χ3v) is 10.7. The van der Waals surface area contributed by atoms with Gasteiger partial charge in [-0.3, -0.25) is 33.6 Å². The van der Waals surface area contributed by atoms with Gasteiger partial charge < -0.3 is 67.8 Å². The summed E-state index contributed by atoms with van der Waals surface area (Å²) in [6.45, 7) is 7.01. The normalized spacial score (nSPS) is 25.9. The van der Waals surface area contributed by atoms with Crippen LogP contribution in [0.3, 0.4) is 0 Å². The van der Waals surface area contributed by atoms with Gasteiger partial charge in [-0.1, -0.05) is 48.5 Å². The lowest BCUT2D eigenvalue weighted by Gasteiger charge is -2.49. The number of nitrogens with one attached hydrogen (secondary N) is 2. The molecular formula is C45H54N2O21. The Morgan fingerprint density at radius 1 is 0.574 bits per heavy atom. The number of alkyl carbamates (subject to hydrolysis) is 1. The number of benzene rings is 2. The summed E-state index contributed by atoms with van der Waals surface area (Å²) >= 11 is 0. The largest absolute Gasteiger partial charge is 0.480 e. The SMILES string of the molecule is CC(=O)N[C@@H]1[C@H](O[C@H](C)[C@H](NC(=O)OCC2c3ccccc3-c3ccccc32)C(=O)O)O[C@H](COC(C)=O)[C@@H](O[C@H]2O[C@@H](COC(C)=O)[C@H](OC(C)=O)[C@@H](OC(C)=O)[C@@H]2OC(C)=O)[C@@H]1OC(C)=O. The Balaban J connectivity index is 1.46. The molecule has 0 spiro atoms. The topological polar surface area (TPSA) is 299 Å². The van der Waals surface area contributed by atoms with Crippen molar-refractivity contribution in [2.45, 2.75) is 135 Å². The quantitative estimate of drug-likeness (QED) is 0.141. The average molecular weight is 959 g/mol. The minimum Gasteiger partial charge on any atom is -0.480 e. The molecule has 2 heterocycles. The van der Waals surface area contributed by atoms with Crippen LogP contribution < -0.4 is 10.6 Å². The third kappa shape index (κ3) is 13.5. The van der Waals surface area contributed by atoms with E-state index in [1.54, 1.807) is 0 Å². The van der Waals surface area contributed by atoms with E-state index in [-0.39, 0.29) is 12.5 Å². The Bertz CT molecular complexity index is 2170. The van der Waals surface area contributed by atoms with Crippen molar-refractivity contribution in [2.75, 3.05) is 19.8 Å². The van der Waals surface area contributed by atoms with E-state index in [4.69, 9.17) is 52.1 Å². The van der Waals surface area contributed by atoms with Crippen LogP contribution in [0.25, 0.3) is 11.1 Å². The molecule has 0 aromatic heterocycles. The summed E-state index contributed by atoms with van der Waals surface area (Å²) in [4.78, 5) is 113. The zero-order valence-electron chi connectivity index (χ0n) is 38.4. The van der Waals surface area contributed by atoms with Crippen LogP contribution in [-0.4, -0.2) is 152 Å². The van der Waals surface area contributed by atoms with Crippen LogP contribution in [0, 0.1) is 0 Å². The molecule has 2 amide bonds. The lowest BCUT2D eigenvalue weighted by molar-refractivity contribution is -0.352. The number of ether oxygens (including phenoxy) is 11. The zero-order chi connectivity index (χ0) is 50.0. The maximum atomic E-state index is 13.3. The number of amides is 2. The van der Waals surface area contributed by atoms with Gasteiger partial charge in [-0.25, -0.2) is 9.59 Å². The van der Waals surface area contributed by atoms with Crippen molar-refractivity contribution in [2.24, 2.45) is 0 Å².